The highest BCUT2D eigenvalue weighted by atomic mass is 35.5. The van der Waals surface area contributed by atoms with Gasteiger partial charge in [0.15, 0.2) is 0 Å². The van der Waals surface area contributed by atoms with Crippen LogP contribution in [0.2, 0.25) is 5.15 Å². The van der Waals surface area contributed by atoms with Crippen molar-refractivity contribution >= 4 is 28.4 Å². The first kappa shape index (κ1) is 18.9. The first-order valence-corrected chi connectivity index (χ1v) is 9.26. The van der Waals surface area contributed by atoms with Crippen molar-refractivity contribution in [3.63, 3.8) is 0 Å². The Morgan fingerprint density at radius 2 is 2.00 bits per heavy atom. The van der Waals surface area contributed by atoms with Gasteiger partial charge in [0.25, 0.3) is 5.91 Å². The monoisotopic (exact) mass is 407 g/mol. The van der Waals surface area contributed by atoms with Gasteiger partial charge in [-0.3, -0.25) is 14.5 Å². The zero-order valence-electron chi connectivity index (χ0n) is 15.9. The Bertz CT molecular complexity index is 1220. The standard InChI is InChI=1S/C21H18ClN5O2/c1-12-9-24-8-7-15(12)18-16-11-27(10-13-3-5-14(29-2)6-4-13)26-19(16)17(21(23)28)20(22)25-18/h3-9,11H,10H2,1-2H3,(H2,23,28). The summed E-state index contributed by atoms with van der Waals surface area (Å²) >= 11 is 6.32. The van der Waals surface area contributed by atoms with Crippen LogP contribution in [0.3, 0.4) is 0 Å². The molecule has 146 valence electrons. The maximum absolute atomic E-state index is 12.0. The van der Waals surface area contributed by atoms with Gasteiger partial charge in [-0.1, -0.05) is 23.7 Å². The fourth-order valence-electron chi connectivity index (χ4n) is 3.25. The number of carbonyl (C=O) groups excluding carboxylic acids is 1. The van der Waals surface area contributed by atoms with Crippen LogP contribution in [0, 0.1) is 6.92 Å². The number of hydrogen-bond donors (Lipinski definition) is 1. The van der Waals surface area contributed by atoms with Crippen LogP contribution in [-0.4, -0.2) is 32.8 Å². The zero-order chi connectivity index (χ0) is 20.5. The lowest BCUT2D eigenvalue weighted by molar-refractivity contribution is 0.100. The lowest BCUT2D eigenvalue weighted by Crippen LogP contribution is -2.13. The van der Waals surface area contributed by atoms with Crippen LogP contribution < -0.4 is 10.5 Å². The molecule has 0 aliphatic carbocycles. The maximum atomic E-state index is 12.0. The van der Waals surface area contributed by atoms with Crippen LogP contribution in [0.15, 0.2) is 48.9 Å². The number of primary amides is 1. The topological polar surface area (TPSA) is 95.9 Å². The lowest BCUT2D eigenvalue weighted by Gasteiger charge is -2.08. The zero-order valence-corrected chi connectivity index (χ0v) is 16.6. The van der Waals surface area contributed by atoms with E-state index in [1.54, 1.807) is 24.2 Å². The van der Waals surface area contributed by atoms with Gasteiger partial charge in [-0.05, 0) is 36.2 Å². The van der Waals surface area contributed by atoms with Crippen molar-refractivity contribution in [2.75, 3.05) is 7.11 Å². The van der Waals surface area contributed by atoms with Gasteiger partial charge < -0.3 is 10.5 Å². The molecule has 0 unspecified atom stereocenters. The number of pyridine rings is 2. The van der Waals surface area contributed by atoms with Crippen LogP contribution in [0.4, 0.5) is 0 Å². The lowest BCUT2D eigenvalue weighted by atomic mass is 10.0. The predicted octanol–water partition coefficient (Wildman–Crippen LogP) is 3.61. The van der Waals surface area contributed by atoms with Gasteiger partial charge in [-0.15, -0.1) is 0 Å². The molecule has 0 spiro atoms. The number of hydrogen-bond acceptors (Lipinski definition) is 5. The Labute approximate surface area is 172 Å². The van der Waals surface area contributed by atoms with Gasteiger partial charge in [0.2, 0.25) is 0 Å². The molecule has 0 bridgehead atoms. The summed E-state index contributed by atoms with van der Waals surface area (Å²) in [5, 5.41) is 5.33. The summed E-state index contributed by atoms with van der Waals surface area (Å²) in [6.45, 7) is 2.44. The molecule has 4 rings (SSSR count). The smallest absolute Gasteiger partial charge is 0.254 e. The number of aryl methyl sites for hydroxylation is 1. The third-order valence-electron chi connectivity index (χ3n) is 4.70. The highest BCUT2D eigenvalue weighted by Crippen LogP contribution is 2.33. The fourth-order valence-corrected chi connectivity index (χ4v) is 3.52. The molecule has 1 amide bonds. The van der Waals surface area contributed by atoms with E-state index in [2.05, 4.69) is 15.1 Å². The van der Waals surface area contributed by atoms with E-state index in [1.807, 2.05) is 43.5 Å². The van der Waals surface area contributed by atoms with E-state index in [9.17, 15) is 4.79 Å². The molecule has 0 radical (unpaired) electrons. The van der Waals surface area contributed by atoms with Crippen LogP contribution in [0.5, 0.6) is 5.75 Å². The number of halogens is 1. The van der Waals surface area contributed by atoms with Crippen molar-refractivity contribution in [1.82, 2.24) is 19.7 Å². The molecule has 0 atom stereocenters. The Kier molecular flexibility index (Phi) is 4.90. The number of aromatic nitrogens is 4. The van der Waals surface area contributed by atoms with Gasteiger partial charge in [0, 0.05) is 29.5 Å². The molecule has 0 fully saturated rings. The second-order valence-electron chi connectivity index (χ2n) is 6.62. The third kappa shape index (κ3) is 3.52. The van der Waals surface area contributed by atoms with Crippen molar-refractivity contribution in [2.45, 2.75) is 13.5 Å². The summed E-state index contributed by atoms with van der Waals surface area (Å²) in [4.78, 5) is 20.6. The molecular weight excluding hydrogens is 390 g/mol. The van der Waals surface area contributed by atoms with Gasteiger partial charge >= 0.3 is 0 Å². The fraction of sp³-hybridized carbons (Fsp3) is 0.143. The number of methoxy groups -OCH3 is 1. The molecular formula is C21H18ClN5O2. The predicted molar refractivity (Wildman–Crippen MR) is 111 cm³/mol. The molecule has 2 N–H and O–H groups in total. The van der Waals surface area contributed by atoms with Crippen molar-refractivity contribution in [1.29, 1.82) is 0 Å². The van der Waals surface area contributed by atoms with Crippen molar-refractivity contribution in [3.05, 3.63) is 70.8 Å². The minimum absolute atomic E-state index is 0.0332. The van der Waals surface area contributed by atoms with E-state index < -0.39 is 5.91 Å². The van der Waals surface area contributed by atoms with Gasteiger partial charge in [0.1, 0.15) is 22.0 Å². The molecule has 29 heavy (non-hydrogen) atoms. The first-order valence-electron chi connectivity index (χ1n) is 8.88. The number of fused-ring (bicyclic) bond motifs is 1. The summed E-state index contributed by atoms with van der Waals surface area (Å²) in [6, 6.07) is 9.55. The number of benzene rings is 1. The molecule has 8 heteroatoms. The number of amides is 1. The van der Waals surface area contributed by atoms with Crippen LogP contribution in [0.25, 0.3) is 22.2 Å². The largest absolute Gasteiger partial charge is 0.497 e. The number of ether oxygens (including phenoxy) is 1. The Morgan fingerprint density at radius 1 is 1.24 bits per heavy atom. The second kappa shape index (κ2) is 7.52. The molecule has 7 nitrogen and oxygen atoms in total. The molecule has 0 saturated carbocycles. The van der Waals surface area contributed by atoms with E-state index >= 15 is 0 Å². The van der Waals surface area contributed by atoms with Crippen LogP contribution >= 0.6 is 11.6 Å². The summed E-state index contributed by atoms with van der Waals surface area (Å²) in [5.41, 5.74) is 9.57. The van der Waals surface area contributed by atoms with Crippen molar-refractivity contribution in [3.8, 4) is 17.0 Å². The van der Waals surface area contributed by atoms with E-state index in [4.69, 9.17) is 22.1 Å². The van der Waals surface area contributed by atoms with Gasteiger partial charge in [-0.25, -0.2) is 4.98 Å². The SMILES string of the molecule is COc1ccc(Cn2cc3c(-c4ccncc4C)nc(Cl)c(C(N)=O)c3n2)cc1. The highest BCUT2D eigenvalue weighted by Gasteiger charge is 2.21. The number of rotatable bonds is 5. The average Bonchev–Trinajstić information content (AvgIpc) is 3.11. The van der Waals surface area contributed by atoms with Crippen molar-refractivity contribution < 1.29 is 9.53 Å². The summed E-state index contributed by atoms with van der Waals surface area (Å²) in [6.07, 6.45) is 5.29. The molecule has 3 aromatic heterocycles. The Hall–Kier alpha value is -3.45. The summed E-state index contributed by atoms with van der Waals surface area (Å²) < 4.78 is 6.94. The molecule has 0 aliphatic rings. The molecule has 0 aliphatic heterocycles. The number of carbonyl (C=O) groups is 1. The third-order valence-corrected chi connectivity index (χ3v) is 4.97. The van der Waals surface area contributed by atoms with Gasteiger partial charge in [-0.2, -0.15) is 5.10 Å². The summed E-state index contributed by atoms with van der Waals surface area (Å²) in [7, 11) is 1.62. The summed E-state index contributed by atoms with van der Waals surface area (Å²) in [5.74, 6) is 0.113. The molecule has 1 aromatic carbocycles. The van der Waals surface area contributed by atoms with Crippen LogP contribution in [-0.2, 0) is 6.54 Å². The Morgan fingerprint density at radius 3 is 2.66 bits per heavy atom. The van der Waals surface area contributed by atoms with E-state index in [-0.39, 0.29) is 10.7 Å². The van der Waals surface area contributed by atoms with E-state index in [0.717, 1.165) is 22.4 Å². The number of nitrogens with two attached hydrogens (primary N) is 1. The minimum atomic E-state index is -0.666. The molecule has 0 saturated heterocycles. The minimum Gasteiger partial charge on any atom is -0.497 e. The van der Waals surface area contributed by atoms with E-state index in [0.29, 0.717) is 23.1 Å². The van der Waals surface area contributed by atoms with Crippen LogP contribution in [0.1, 0.15) is 21.5 Å². The van der Waals surface area contributed by atoms with E-state index in [1.165, 1.54) is 0 Å². The first-order chi connectivity index (χ1) is 14.0. The second-order valence-corrected chi connectivity index (χ2v) is 6.98. The normalized spacial score (nSPS) is 11.0. The average molecular weight is 408 g/mol. The maximum Gasteiger partial charge on any atom is 0.254 e. The number of nitrogens with zero attached hydrogens (tertiary/aromatic N) is 4. The quantitative estimate of drug-likeness (QED) is 0.510. The van der Waals surface area contributed by atoms with Gasteiger partial charge in [0.05, 0.1) is 19.3 Å². The highest BCUT2D eigenvalue weighted by molar-refractivity contribution is 6.34. The Balaban J connectivity index is 1.88. The molecule has 4 aromatic rings. The van der Waals surface area contributed by atoms with Crippen molar-refractivity contribution in [2.24, 2.45) is 5.73 Å². The molecule has 3 heterocycles.